The quantitative estimate of drug-likeness (QED) is 0.805. The van der Waals surface area contributed by atoms with E-state index in [0.717, 1.165) is 19.5 Å². The molecule has 1 amide bonds. The number of nitrogens with zero attached hydrogens (tertiary/aromatic N) is 3. The Hall–Kier alpha value is -1.27. The second-order valence-electron chi connectivity index (χ2n) is 4.71. The molecule has 2 fully saturated rings. The van der Waals surface area contributed by atoms with Crippen LogP contribution in [0.15, 0.2) is 18.3 Å². The van der Waals surface area contributed by atoms with E-state index in [1.165, 1.54) is 0 Å². The van der Waals surface area contributed by atoms with Gasteiger partial charge in [0.05, 0.1) is 7.11 Å². The Bertz CT molecular complexity index is 470. The van der Waals surface area contributed by atoms with Gasteiger partial charge >= 0.3 is 0 Å². The molecule has 18 heavy (non-hydrogen) atoms. The summed E-state index contributed by atoms with van der Waals surface area (Å²) >= 11 is 4.34. The molecule has 0 aliphatic carbocycles. The highest BCUT2D eigenvalue weighted by Crippen LogP contribution is 2.34. The molecule has 2 atom stereocenters. The van der Waals surface area contributed by atoms with Crippen LogP contribution in [0.25, 0.3) is 0 Å². The molecule has 0 N–H and O–H groups in total. The molecule has 0 radical (unpaired) electrons. The van der Waals surface area contributed by atoms with Gasteiger partial charge in [0.15, 0.2) is 0 Å². The first kappa shape index (κ1) is 11.8. The Morgan fingerprint density at radius 2 is 2.22 bits per heavy atom. The third-order valence-electron chi connectivity index (χ3n) is 3.59. The second kappa shape index (κ2) is 4.44. The van der Waals surface area contributed by atoms with Gasteiger partial charge in [-0.25, -0.2) is 4.31 Å². The van der Waals surface area contributed by atoms with Crippen molar-refractivity contribution in [2.24, 2.45) is 0 Å². The molecule has 1 aromatic heterocycles. The first-order valence-electron chi connectivity index (χ1n) is 5.95. The largest absolute Gasteiger partial charge is 0.497 e. The lowest BCUT2D eigenvalue weighted by Crippen LogP contribution is -2.68. The number of amides is 1. The molecule has 0 spiro atoms. The van der Waals surface area contributed by atoms with Crippen LogP contribution in [-0.4, -0.2) is 52.4 Å². The molecule has 0 saturated carbocycles. The molecule has 5 nitrogen and oxygen atoms in total. The highest BCUT2D eigenvalue weighted by atomic mass is 32.1. The molecule has 0 aromatic carbocycles. The van der Waals surface area contributed by atoms with E-state index in [4.69, 9.17) is 4.74 Å². The Morgan fingerprint density at radius 1 is 1.50 bits per heavy atom. The van der Waals surface area contributed by atoms with E-state index in [2.05, 4.69) is 17.8 Å². The summed E-state index contributed by atoms with van der Waals surface area (Å²) in [6, 6.07) is 3.99. The average Bonchev–Trinajstić information content (AvgIpc) is 2.38. The summed E-state index contributed by atoms with van der Waals surface area (Å²) in [6.45, 7) is 1.66. The van der Waals surface area contributed by atoms with Gasteiger partial charge in [0.2, 0.25) is 0 Å². The van der Waals surface area contributed by atoms with Crippen molar-refractivity contribution < 1.29 is 9.53 Å². The molecule has 2 aliphatic rings. The summed E-state index contributed by atoms with van der Waals surface area (Å²) in [5, 5.41) is 0. The molecule has 96 valence electrons. The number of carbonyl (C=O) groups is 1. The fraction of sp³-hybridized carbons (Fsp3) is 0.500. The van der Waals surface area contributed by atoms with E-state index < -0.39 is 0 Å². The normalized spacial score (nSPS) is 26.7. The van der Waals surface area contributed by atoms with E-state index in [-0.39, 0.29) is 18.0 Å². The molecule has 2 bridgehead atoms. The van der Waals surface area contributed by atoms with Crippen LogP contribution in [0, 0.1) is 0 Å². The predicted molar refractivity (Wildman–Crippen MR) is 69.7 cm³/mol. The fourth-order valence-electron chi connectivity index (χ4n) is 2.71. The third-order valence-corrected chi connectivity index (χ3v) is 3.92. The van der Waals surface area contributed by atoms with Crippen LogP contribution in [-0.2, 0) is 0 Å². The van der Waals surface area contributed by atoms with Gasteiger partial charge in [-0.2, -0.15) is 0 Å². The van der Waals surface area contributed by atoms with Crippen LogP contribution in [0.3, 0.4) is 0 Å². The van der Waals surface area contributed by atoms with Crippen molar-refractivity contribution in [3.8, 4) is 5.75 Å². The molecular formula is C12H15N3O2S. The van der Waals surface area contributed by atoms with Crippen molar-refractivity contribution in [1.82, 2.24) is 14.2 Å². The second-order valence-corrected chi connectivity index (χ2v) is 5.27. The number of hydrogen-bond donors (Lipinski definition) is 1. The first-order chi connectivity index (χ1) is 8.69. The number of likely N-dealkylation sites (tertiary alicyclic amines) is 1. The van der Waals surface area contributed by atoms with E-state index in [0.29, 0.717) is 11.4 Å². The van der Waals surface area contributed by atoms with Gasteiger partial charge in [0.25, 0.3) is 5.91 Å². The summed E-state index contributed by atoms with van der Waals surface area (Å²) in [5.74, 6) is 0.659. The summed E-state index contributed by atoms with van der Waals surface area (Å²) in [5.41, 5.74) is 0.455. The van der Waals surface area contributed by atoms with Crippen molar-refractivity contribution in [3.63, 3.8) is 0 Å². The minimum absolute atomic E-state index is 0.00316. The maximum Gasteiger partial charge on any atom is 0.273 e. The van der Waals surface area contributed by atoms with Crippen LogP contribution in [0.4, 0.5) is 0 Å². The third kappa shape index (κ3) is 1.85. The Balaban J connectivity index is 1.79. The van der Waals surface area contributed by atoms with E-state index in [9.17, 15) is 4.79 Å². The monoisotopic (exact) mass is 265 g/mol. The highest BCUT2D eigenvalue weighted by Gasteiger charge is 2.47. The van der Waals surface area contributed by atoms with Gasteiger partial charge in [-0.05, 0) is 12.5 Å². The van der Waals surface area contributed by atoms with Crippen molar-refractivity contribution >= 4 is 18.7 Å². The summed E-state index contributed by atoms with van der Waals surface area (Å²) < 4.78 is 7.09. The number of piperidine rings is 1. The van der Waals surface area contributed by atoms with E-state index in [1.807, 2.05) is 9.21 Å². The minimum Gasteiger partial charge on any atom is -0.497 e. The highest BCUT2D eigenvalue weighted by molar-refractivity contribution is 7.77. The zero-order valence-electron chi connectivity index (χ0n) is 10.1. The molecule has 3 rings (SSSR count). The summed E-state index contributed by atoms with van der Waals surface area (Å²) in [7, 11) is 1.58. The van der Waals surface area contributed by atoms with Gasteiger partial charge in [-0.1, -0.05) is 12.8 Å². The van der Waals surface area contributed by atoms with Gasteiger partial charge in [-0.3, -0.25) is 9.78 Å². The number of carbonyl (C=O) groups excluding carboxylic acids is 1. The fourth-order valence-corrected chi connectivity index (χ4v) is 3.08. The molecule has 3 heterocycles. The summed E-state index contributed by atoms with van der Waals surface area (Å²) in [4.78, 5) is 18.4. The van der Waals surface area contributed by atoms with Gasteiger partial charge in [0, 0.05) is 37.4 Å². The zero-order chi connectivity index (χ0) is 12.7. The number of piperazine rings is 1. The standard InChI is InChI=1S/C12H15N3O2S/c1-17-10-2-3-13-11(5-10)12(16)15-8-4-9(15)7-14(18)6-8/h2-3,5,8-9,18H,4,6-7H2,1H3. The topological polar surface area (TPSA) is 45.7 Å². The average molecular weight is 265 g/mol. The van der Waals surface area contributed by atoms with Crippen LogP contribution in [0.5, 0.6) is 5.75 Å². The predicted octanol–water partition coefficient (Wildman–Crippen LogP) is 0.834. The molecular weight excluding hydrogens is 250 g/mol. The lowest BCUT2D eigenvalue weighted by atomic mass is 9.88. The van der Waals surface area contributed by atoms with Crippen LogP contribution in [0.1, 0.15) is 16.9 Å². The van der Waals surface area contributed by atoms with E-state index >= 15 is 0 Å². The number of ether oxygens (including phenoxy) is 1. The number of pyridine rings is 1. The van der Waals surface area contributed by atoms with Crippen molar-refractivity contribution in [3.05, 3.63) is 24.0 Å². The van der Waals surface area contributed by atoms with Crippen LogP contribution >= 0.6 is 12.8 Å². The van der Waals surface area contributed by atoms with Crippen molar-refractivity contribution in [1.29, 1.82) is 0 Å². The van der Waals surface area contributed by atoms with Crippen LogP contribution < -0.4 is 4.74 Å². The van der Waals surface area contributed by atoms with Gasteiger partial charge < -0.3 is 9.64 Å². The maximum atomic E-state index is 12.4. The Kier molecular flexibility index (Phi) is 2.91. The molecule has 2 unspecified atom stereocenters. The lowest BCUT2D eigenvalue weighted by Gasteiger charge is -2.54. The number of rotatable bonds is 2. The SMILES string of the molecule is COc1ccnc(C(=O)N2C3CC2CN(S)C3)c1. The van der Waals surface area contributed by atoms with Crippen LogP contribution in [0.2, 0.25) is 0 Å². The molecule has 2 saturated heterocycles. The summed E-state index contributed by atoms with van der Waals surface area (Å²) in [6.07, 6.45) is 2.68. The van der Waals surface area contributed by atoms with E-state index in [1.54, 1.807) is 25.4 Å². The number of hydrogen-bond acceptors (Lipinski definition) is 5. The Labute approximate surface area is 111 Å². The van der Waals surface area contributed by atoms with Crippen molar-refractivity contribution in [2.75, 3.05) is 20.2 Å². The van der Waals surface area contributed by atoms with Crippen molar-refractivity contribution in [2.45, 2.75) is 18.5 Å². The maximum absolute atomic E-state index is 12.4. The van der Waals surface area contributed by atoms with Gasteiger partial charge in [-0.15, -0.1) is 0 Å². The molecule has 1 aromatic rings. The van der Waals surface area contributed by atoms with Gasteiger partial charge in [0.1, 0.15) is 11.4 Å². The first-order valence-corrected chi connectivity index (χ1v) is 6.35. The minimum atomic E-state index is -0.00316. The number of fused-ring (bicyclic) bond motifs is 2. The Morgan fingerprint density at radius 3 is 2.89 bits per heavy atom. The molecule has 2 aliphatic heterocycles. The number of methoxy groups -OCH3 is 1. The zero-order valence-corrected chi connectivity index (χ0v) is 11.0. The number of aromatic nitrogens is 1. The lowest BCUT2D eigenvalue weighted by molar-refractivity contribution is -0.0222. The number of thiol groups is 1. The molecule has 6 heteroatoms. The smallest absolute Gasteiger partial charge is 0.273 e.